The van der Waals surface area contributed by atoms with Gasteiger partial charge in [0.05, 0.1) is 10.5 Å². The molecule has 0 heterocycles. The molecule has 2 rings (SSSR count). The monoisotopic (exact) mass is 403 g/mol. The van der Waals surface area contributed by atoms with Crippen LogP contribution in [0, 0.1) is 6.92 Å². The van der Waals surface area contributed by atoms with Crippen LogP contribution in [0.3, 0.4) is 0 Å². The number of hydrogen-bond acceptors (Lipinski definition) is 5. The summed E-state index contributed by atoms with van der Waals surface area (Å²) in [6.07, 6.45) is 2.09. The third kappa shape index (κ3) is 5.66. The third-order valence-corrected chi connectivity index (χ3v) is 5.68. The Morgan fingerprint density at radius 2 is 1.75 bits per heavy atom. The van der Waals surface area contributed by atoms with Crippen LogP contribution in [0.15, 0.2) is 47.4 Å². The van der Waals surface area contributed by atoms with E-state index < -0.39 is 28.3 Å². The van der Waals surface area contributed by atoms with Crippen molar-refractivity contribution in [1.82, 2.24) is 0 Å². The Hall–Kier alpha value is -2.67. The van der Waals surface area contributed by atoms with Crippen molar-refractivity contribution in [3.05, 3.63) is 59.2 Å². The SMILES string of the molecule is CC[C@H](C)c1ccc(NC(=O)COC(=O)c2cc(S(C)(=O)=O)ccc2C)cc1. The third-order valence-electron chi connectivity index (χ3n) is 4.57. The first-order valence-corrected chi connectivity index (χ1v) is 10.9. The van der Waals surface area contributed by atoms with Gasteiger partial charge in [0.2, 0.25) is 0 Å². The van der Waals surface area contributed by atoms with Gasteiger partial charge in [0.15, 0.2) is 16.4 Å². The minimum absolute atomic E-state index is 0.0240. The van der Waals surface area contributed by atoms with Gasteiger partial charge in [-0.3, -0.25) is 4.79 Å². The first-order chi connectivity index (χ1) is 13.1. The maximum Gasteiger partial charge on any atom is 0.338 e. The van der Waals surface area contributed by atoms with Crippen LogP contribution in [-0.4, -0.2) is 33.2 Å². The number of rotatable bonds is 7. The molecule has 6 nitrogen and oxygen atoms in total. The summed E-state index contributed by atoms with van der Waals surface area (Å²) in [6, 6.07) is 11.7. The Bertz CT molecular complexity index is 965. The molecule has 0 saturated carbocycles. The molecule has 0 saturated heterocycles. The number of carbonyl (C=O) groups is 2. The van der Waals surface area contributed by atoms with E-state index in [2.05, 4.69) is 19.2 Å². The fraction of sp³-hybridized carbons (Fsp3) is 0.333. The lowest BCUT2D eigenvalue weighted by Gasteiger charge is -2.11. The zero-order chi connectivity index (χ0) is 20.9. The summed E-state index contributed by atoms with van der Waals surface area (Å²) in [5, 5.41) is 2.67. The number of anilines is 1. The van der Waals surface area contributed by atoms with Gasteiger partial charge in [-0.05, 0) is 54.7 Å². The summed E-state index contributed by atoms with van der Waals surface area (Å²) in [5.41, 5.74) is 2.49. The lowest BCUT2D eigenvalue weighted by Crippen LogP contribution is -2.21. The van der Waals surface area contributed by atoms with Crippen LogP contribution >= 0.6 is 0 Å². The van der Waals surface area contributed by atoms with E-state index in [0.717, 1.165) is 12.7 Å². The Morgan fingerprint density at radius 1 is 1.11 bits per heavy atom. The quantitative estimate of drug-likeness (QED) is 0.712. The predicted molar refractivity (Wildman–Crippen MR) is 108 cm³/mol. The number of esters is 1. The Morgan fingerprint density at radius 3 is 2.32 bits per heavy atom. The van der Waals surface area contributed by atoms with Crippen LogP contribution < -0.4 is 5.32 Å². The normalized spacial score (nSPS) is 12.3. The van der Waals surface area contributed by atoms with Crippen LogP contribution in [0.4, 0.5) is 5.69 Å². The first kappa shape index (κ1) is 21.6. The first-order valence-electron chi connectivity index (χ1n) is 8.99. The number of aryl methyl sites for hydroxylation is 1. The van der Waals surface area contributed by atoms with Gasteiger partial charge in [-0.25, -0.2) is 13.2 Å². The predicted octanol–water partition coefficient (Wildman–Crippen LogP) is 3.71. The summed E-state index contributed by atoms with van der Waals surface area (Å²) >= 11 is 0. The molecule has 0 aliphatic carbocycles. The zero-order valence-electron chi connectivity index (χ0n) is 16.5. The highest BCUT2D eigenvalue weighted by atomic mass is 32.2. The molecule has 0 radical (unpaired) electrons. The molecule has 1 amide bonds. The van der Waals surface area contributed by atoms with Crippen molar-refractivity contribution in [2.24, 2.45) is 0 Å². The van der Waals surface area contributed by atoms with Gasteiger partial charge in [0.1, 0.15) is 0 Å². The van der Waals surface area contributed by atoms with E-state index in [0.29, 0.717) is 17.2 Å². The minimum Gasteiger partial charge on any atom is -0.452 e. The van der Waals surface area contributed by atoms with E-state index in [1.54, 1.807) is 19.1 Å². The van der Waals surface area contributed by atoms with E-state index in [-0.39, 0.29) is 10.5 Å². The van der Waals surface area contributed by atoms with Gasteiger partial charge >= 0.3 is 5.97 Å². The van der Waals surface area contributed by atoms with E-state index in [4.69, 9.17) is 4.74 Å². The fourth-order valence-electron chi connectivity index (χ4n) is 2.59. The molecule has 28 heavy (non-hydrogen) atoms. The average molecular weight is 404 g/mol. The number of carbonyl (C=O) groups excluding carboxylic acids is 2. The summed E-state index contributed by atoms with van der Waals surface area (Å²) < 4.78 is 28.4. The molecular weight excluding hydrogens is 378 g/mol. The second-order valence-corrected chi connectivity index (χ2v) is 8.82. The molecule has 2 aromatic rings. The van der Waals surface area contributed by atoms with Crippen molar-refractivity contribution in [1.29, 1.82) is 0 Å². The van der Waals surface area contributed by atoms with Crippen LogP contribution in [0.1, 0.15) is 47.7 Å². The number of hydrogen-bond donors (Lipinski definition) is 1. The van der Waals surface area contributed by atoms with Crippen molar-refractivity contribution >= 4 is 27.4 Å². The molecule has 0 unspecified atom stereocenters. The smallest absolute Gasteiger partial charge is 0.338 e. The number of benzene rings is 2. The van der Waals surface area contributed by atoms with Crippen molar-refractivity contribution in [2.45, 2.75) is 38.0 Å². The van der Waals surface area contributed by atoms with Crippen LogP contribution in [0.5, 0.6) is 0 Å². The average Bonchev–Trinajstić information content (AvgIpc) is 2.65. The summed E-state index contributed by atoms with van der Waals surface area (Å²) in [4.78, 5) is 24.3. The highest BCUT2D eigenvalue weighted by Gasteiger charge is 2.17. The highest BCUT2D eigenvalue weighted by Crippen LogP contribution is 2.20. The minimum atomic E-state index is -3.45. The van der Waals surface area contributed by atoms with E-state index in [1.807, 2.05) is 12.1 Å². The summed E-state index contributed by atoms with van der Waals surface area (Å²) in [5.74, 6) is -0.775. The summed E-state index contributed by atoms with van der Waals surface area (Å²) in [6.45, 7) is 5.45. The Balaban J connectivity index is 1.98. The Labute approximate surface area is 165 Å². The van der Waals surface area contributed by atoms with Gasteiger partial charge in [0.25, 0.3) is 5.91 Å². The fourth-order valence-corrected chi connectivity index (χ4v) is 3.24. The molecule has 150 valence electrons. The van der Waals surface area contributed by atoms with Gasteiger partial charge < -0.3 is 10.1 Å². The molecule has 0 aromatic heterocycles. The lowest BCUT2D eigenvalue weighted by atomic mass is 9.99. The number of amides is 1. The standard InChI is InChI=1S/C21H25NO5S/c1-5-14(2)16-7-9-17(10-8-16)22-20(23)13-27-21(24)19-12-18(28(4,25)26)11-6-15(19)3/h6-12,14H,5,13H2,1-4H3,(H,22,23)/t14-/m0/s1. The molecule has 7 heteroatoms. The highest BCUT2D eigenvalue weighted by molar-refractivity contribution is 7.90. The Kier molecular flexibility index (Phi) is 6.96. The second kappa shape index (κ2) is 9.01. The van der Waals surface area contributed by atoms with E-state index in [9.17, 15) is 18.0 Å². The van der Waals surface area contributed by atoms with Crippen molar-refractivity contribution in [3.8, 4) is 0 Å². The van der Waals surface area contributed by atoms with E-state index >= 15 is 0 Å². The maximum atomic E-state index is 12.3. The molecule has 0 aliphatic heterocycles. The summed E-state index contributed by atoms with van der Waals surface area (Å²) in [7, 11) is -3.45. The van der Waals surface area contributed by atoms with Crippen molar-refractivity contribution in [3.63, 3.8) is 0 Å². The van der Waals surface area contributed by atoms with Gasteiger partial charge in [-0.2, -0.15) is 0 Å². The molecule has 0 aliphatic rings. The second-order valence-electron chi connectivity index (χ2n) is 6.80. The van der Waals surface area contributed by atoms with Gasteiger partial charge in [-0.1, -0.05) is 32.0 Å². The number of ether oxygens (including phenoxy) is 1. The molecular formula is C21H25NO5S. The lowest BCUT2D eigenvalue weighted by molar-refractivity contribution is -0.119. The number of sulfone groups is 1. The molecule has 1 atom stereocenters. The zero-order valence-corrected chi connectivity index (χ0v) is 17.3. The molecule has 1 N–H and O–H groups in total. The van der Waals surface area contributed by atoms with Crippen molar-refractivity contribution < 1.29 is 22.7 Å². The van der Waals surface area contributed by atoms with Crippen LogP contribution in [0.25, 0.3) is 0 Å². The largest absolute Gasteiger partial charge is 0.452 e. The number of nitrogens with one attached hydrogen (secondary N) is 1. The van der Waals surface area contributed by atoms with E-state index in [1.165, 1.54) is 23.8 Å². The molecule has 0 bridgehead atoms. The molecule has 0 spiro atoms. The molecule has 0 fully saturated rings. The van der Waals surface area contributed by atoms with Crippen LogP contribution in [-0.2, 0) is 19.4 Å². The van der Waals surface area contributed by atoms with Crippen molar-refractivity contribution in [2.75, 3.05) is 18.2 Å². The van der Waals surface area contributed by atoms with Gasteiger partial charge in [-0.15, -0.1) is 0 Å². The molecule has 2 aromatic carbocycles. The topological polar surface area (TPSA) is 89.5 Å². The van der Waals surface area contributed by atoms with Gasteiger partial charge in [0, 0.05) is 11.9 Å². The van der Waals surface area contributed by atoms with Crippen LogP contribution in [0.2, 0.25) is 0 Å². The maximum absolute atomic E-state index is 12.3.